The quantitative estimate of drug-likeness (QED) is 0.437. The number of anilines is 2. The molecule has 0 saturated heterocycles. The topological polar surface area (TPSA) is 63.6 Å². The van der Waals surface area contributed by atoms with Gasteiger partial charge >= 0.3 is 0 Å². The van der Waals surface area contributed by atoms with Gasteiger partial charge in [-0.15, -0.1) is 0 Å². The summed E-state index contributed by atoms with van der Waals surface area (Å²) in [6.45, 7) is 0. The summed E-state index contributed by atoms with van der Waals surface area (Å²) >= 11 is 18.1. The summed E-state index contributed by atoms with van der Waals surface area (Å²) < 4.78 is -1.77. The van der Waals surface area contributed by atoms with E-state index < -0.39 is 3.79 Å². The van der Waals surface area contributed by atoms with Crippen LogP contribution in [-0.4, -0.2) is 19.9 Å². The Hall–Kier alpha value is -2.47. The predicted molar refractivity (Wildman–Crippen MR) is 110 cm³/mol. The first kappa shape index (κ1) is 17.9. The van der Waals surface area contributed by atoms with Gasteiger partial charge in [0.2, 0.25) is 9.74 Å². The number of halogens is 3. The Kier molecular flexibility index (Phi) is 4.83. The third-order valence-corrected chi connectivity index (χ3v) is 4.34. The molecule has 4 aromatic rings. The predicted octanol–water partition coefficient (Wildman–Crippen LogP) is 5.66. The zero-order valence-corrected chi connectivity index (χ0v) is 16.0. The summed E-state index contributed by atoms with van der Waals surface area (Å²) in [5.41, 5.74) is 1.56. The van der Waals surface area contributed by atoms with E-state index >= 15 is 0 Å². The number of hydrogen-bond donors (Lipinski definition) is 1. The maximum atomic E-state index is 6.03. The molecular weight excluding hydrogens is 405 g/mol. The van der Waals surface area contributed by atoms with Gasteiger partial charge in [0.05, 0.1) is 0 Å². The maximum absolute atomic E-state index is 6.03. The number of fused-ring (bicyclic) bond motifs is 1. The number of alkyl halides is 3. The lowest BCUT2D eigenvalue weighted by atomic mass is 10.1. The molecule has 5 nitrogen and oxygen atoms in total. The highest BCUT2D eigenvalue weighted by molar-refractivity contribution is 6.66. The van der Waals surface area contributed by atoms with Gasteiger partial charge in [-0.2, -0.15) is 9.97 Å². The Morgan fingerprint density at radius 2 is 1.52 bits per heavy atom. The van der Waals surface area contributed by atoms with Crippen molar-refractivity contribution in [3.05, 3.63) is 72.8 Å². The number of pyridine rings is 1. The summed E-state index contributed by atoms with van der Waals surface area (Å²) in [5.74, 6) is 0.733. The number of benzene rings is 2. The number of hydrogen-bond acceptors (Lipinski definition) is 5. The lowest BCUT2D eigenvalue weighted by Crippen LogP contribution is -2.12. The van der Waals surface area contributed by atoms with E-state index in [1.165, 1.54) is 0 Å². The van der Waals surface area contributed by atoms with E-state index in [-0.39, 0.29) is 11.8 Å². The Morgan fingerprint density at radius 3 is 2.26 bits per heavy atom. The summed E-state index contributed by atoms with van der Waals surface area (Å²) in [5, 5.41) is 5.27. The van der Waals surface area contributed by atoms with E-state index in [1.807, 2.05) is 42.5 Å². The number of rotatable bonds is 3. The molecule has 0 radical (unpaired) electrons. The monoisotopic (exact) mass is 415 g/mol. The molecule has 2 aromatic heterocycles. The average molecular weight is 417 g/mol. The van der Waals surface area contributed by atoms with E-state index in [2.05, 4.69) is 25.3 Å². The Balaban J connectivity index is 1.81. The molecule has 1 N–H and O–H groups in total. The fraction of sp³-hybridized carbons (Fsp3) is 0.0526. The molecular formula is C19H12Cl3N5. The van der Waals surface area contributed by atoms with Gasteiger partial charge in [0.1, 0.15) is 0 Å². The molecule has 0 aliphatic carbocycles. The van der Waals surface area contributed by atoms with Crippen molar-refractivity contribution >= 4 is 57.2 Å². The van der Waals surface area contributed by atoms with Crippen molar-refractivity contribution < 1.29 is 0 Å². The average Bonchev–Trinajstić information content (AvgIpc) is 2.67. The SMILES string of the molecule is ClC(Cl)(Cl)c1nc(Nc2ccncc2)nc(-c2ccc3ccccc3c2)n1. The Bertz CT molecular complexity index is 1100. The molecule has 0 atom stereocenters. The molecule has 27 heavy (non-hydrogen) atoms. The summed E-state index contributed by atoms with van der Waals surface area (Å²) in [6, 6.07) is 17.5. The molecule has 0 amide bonds. The number of nitrogens with zero attached hydrogens (tertiary/aromatic N) is 4. The van der Waals surface area contributed by atoms with E-state index in [0.29, 0.717) is 5.82 Å². The lowest BCUT2D eigenvalue weighted by Gasteiger charge is -2.13. The lowest BCUT2D eigenvalue weighted by molar-refractivity contribution is 0.931. The number of aromatic nitrogens is 4. The Morgan fingerprint density at radius 1 is 0.778 bits per heavy atom. The number of nitrogens with one attached hydrogen (secondary N) is 1. The fourth-order valence-electron chi connectivity index (χ4n) is 2.58. The molecule has 134 valence electrons. The third kappa shape index (κ3) is 4.11. The molecule has 0 saturated carbocycles. The summed E-state index contributed by atoms with van der Waals surface area (Å²) in [4.78, 5) is 17.1. The van der Waals surface area contributed by atoms with Crippen molar-refractivity contribution in [1.29, 1.82) is 0 Å². The molecule has 2 aromatic carbocycles. The van der Waals surface area contributed by atoms with Gasteiger partial charge < -0.3 is 5.32 Å². The van der Waals surface area contributed by atoms with Gasteiger partial charge in [-0.3, -0.25) is 4.98 Å². The summed E-state index contributed by atoms with van der Waals surface area (Å²) in [6.07, 6.45) is 3.31. The zero-order valence-electron chi connectivity index (χ0n) is 13.8. The van der Waals surface area contributed by atoms with Crippen LogP contribution in [0.3, 0.4) is 0 Å². The van der Waals surface area contributed by atoms with Crippen molar-refractivity contribution in [2.45, 2.75) is 3.79 Å². The van der Waals surface area contributed by atoms with Gasteiger partial charge in [-0.05, 0) is 29.0 Å². The van der Waals surface area contributed by atoms with Crippen LogP contribution < -0.4 is 5.32 Å². The zero-order chi connectivity index (χ0) is 18.9. The largest absolute Gasteiger partial charge is 0.324 e. The van der Waals surface area contributed by atoms with Gasteiger partial charge in [-0.25, -0.2) is 4.98 Å². The summed E-state index contributed by atoms with van der Waals surface area (Å²) in [7, 11) is 0. The minimum absolute atomic E-state index is 0.0437. The van der Waals surface area contributed by atoms with Gasteiger partial charge in [0.25, 0.3) is 0 Å². The highest BCUT2D eigenvalue weighted by atomic mass is 35.6. The van der Waals surface area contributed by atoms with Crippen LogP contribution in [-0.2, 0) is 3.79 Å². The van der Waals surface area contributed by atoms with Crippen LogP contribution >= 0.6 is 34.8 Å². The normalized spacial score (nSPS) is 11.5. The highest BCUT2D eigenvalue weighted by Gasteiger charge is 2.28. The minimum Gasteiger partial charge on any atom is -0.324 e. The van der Waals surface area contributed by atoms with Crippen molar-refractivity contribution in [2.75, 3.05) is 5.32 Å². The van der Waals surface area contributed by atoms with E-state index in [1.54, 1.807) is 24.5 Å². The molecule has 0 spiro atoms. The Labute approximate surface area is 170 Å². The van der Waals surface area contributed by atoms with Crippen molar-refractivity contribution in [3.63, 3.8) is 0 Å². The van der Waals surface area contributed by atoms with Gasteiger partial charge in [0, 0.05) is 23.6 Å². The van der Waals surface area contributed by atoms with E-state index in [9.17, 15) is 0 Å². The van der Waals surface area contributed by atoms with Crippen LogP contribution in [0.2, 0.25) is 0 Å². The molecule has 4 rings (SSSR count). The first-order valence-electron chi connectivity index (χ1n) is 7.98. The van der Waals surface area contributed by atoms with Crippen molar-refractivity contribution in [1.82, 2.24) is 19.9 Å². The van der Waals surface area contributed by atoms with Crippen LogP contribution in [0, 0.1) is 0 Å². The first-order valence-corrected chi connectivity index (χ1v) is 9.12. The molecule has 2 heterocycles. The van der Waals surface area contributed by atoms with Crippen LogP contribution in [0.1, 0.15) is 5.82 Å². The standard InChI is InChI=1S/C19H12Cl3N5/c20-19(21,22)17-25-16(14-6-5-12-3-1-2-4-13(12)11-14)26-18(27-17)24-15-7-9-23-10-8-15/h1-11H,(H,23,24,25,26,27). The van der Waals surface area contributed by atoms with Gasteiger partial charge in [0.15, 0.2) is 11.6 Å². The van der Waals surface area contributed by atoms with Crippen LogP contribution in [0.15, 0.2) is 67.0 Å². The molecule has 0 aliphatic heterocycles. The molecule has 0 unspecified atom stereocenters. The third-order valence-electron chi connectivity index (χ3n) is 3.83. The molecule has 8 heteroatoms. The second-order valence-electron chi connectivity index (χ2n) is 5.73. The van der Waals surface area contributed by atoms with Crippen molar-refractivity contribution in [2.24, 2.45) is 0 Å². The maximum Gasteiger partial charge on any atom is 0.250 e. The molecule has 0 fully saturated rings. The van der Waals surface area contributed by atoms with Crippen LogP contribution in [0.25, 0.3) is 22.2 Å². The van der Waals surface area contributed by atoms with E-state index in [0.717, 1.165) is 22.0 Å². The molecule has 0 bridgehead atoms. The van der Waals surface area contributed by atoms with Gasteiger partial charge in [-0.1, -0.05) is 71.2 Å². The minimum atomic E-state index is -1.77. The first-order chi connectivity index (χ1) is 13.0. The second-order valence-corrected chi connectivity index (χ2v) is 8.01. The highest BCUT2D eigenvalue weighted by Crippen LogP contribution is 2.37. The fourth-order valence-corrected chi connectivity index (χ4v) is 2.83. The van der Waals surface area contributed by atoms with Crippen molar-refractivity contribution in [3.8, 4) is 11.4 Å². The van der Waals surface area contributed by atoms with Crippen LogP contribution in [0.5, 0.6) is 0 Å². The second kappa shape index (κ2) is 7.27. The van der Waals surface area contributed by atoms with Crippen LogP contribution in [0.4, 0.5) is 11.6 Å². The molecule has 0 aliphatic rings. The smallest absolute Gasteiger partial charge is 0.250 e. The van der Waals surface area contributed by atoms with E-state index in [4.69, 9.17) is 34.8 Å².